The molecule has 0 amide bonds. The molecule has 0 fully saturated rings. The number of nitrogens with one attached hydrogen (secondary N) is 1. The highest BCUT2D eigenvalue weighted by molar-refractivity contribution is 8.93. The van der Waals surface area contributed by atoms with Crippen LogP contribution in [0.1, 0.15) is 11.1 Å². The fourth-order valence-electron chi connectivity index (χ4n) is 1.55. The van der Waals surface area contributed by atoms with Crippen molar-refractivity contribution in [3.8, 4) is 11.5 Å². The Morgan fingerprint density at radius 3 is 2.77 bits per heavy atom. The molecule has 0 saturated heterocycles. The standard InChI is InChI=1S/C9H11NO2.BrH/c11-8-2-1-6-5-10-4-3-7(6)9(8)12;/h1-2,10-12H,3-5H2;1H. The summed E-state index contributed by atoms with van der Waals surface area (Å²) in [5.41, 5.74) is 1.96. The summed E-state index contributed by atoms with van der Waals surface area (Å²) >= 11 is 0. The molecule has 1 aromatic rings. The Kier molecular flexibility index (Phi) is 3.17. The van der Waals surface area contributed by atoms with Crippen LogP contribution in [-0.4, -0.2) is 16.8 Å². The van der Waals surface area contributed by atoms with E-state index in [0.717, 1.165) is 30.6 Å². The van der Waals surface area contributed by atoms with Gasteiger partial charge in [0.2, 0.25) is 0 Å². The average Bonchev–Trinajstić information content (AvgIpc) is 2.12. The third kappa shape index (κ3) is 1.78. The highest BCUT2D eigenvalue weighted by Crippen LogP contribution is 2.32. The van der Waals surface area contributed by atoms with Crippen LogP contribution in [0.25, 0.3) is 0 Å². The molecular weight excluding hydrogens is 234 g/mol. The SMILES string of the molecule is Br.Oc1ccc2c(c1O)CCNC2. The van der Waals surface area contributed by atoms with Crippen LogP contribution in [0.3, 0.4) is 0 Å². The first-order chi connectivity index (χ1) is 5.79. The maximum atomic E-state index is 9.47. The van der Waals surface area contributed by atoms with E-state index in [9.17, 15) is 10.2 Å². The van der Waals surface area contributed by atoms with Gasteiger partial charge in [0.05, 0.1) is 0 Å². The van der Waals surface area contributed by atoms with Gasteiger partial charge in [-0.1, -0.05) is 6.07 Å². The molecule has 4 heteroatoms. The molecule has 2 rings (SSSR count). The Morgan fingerprint density at radius 1 is 1.23 bits per heavy atom. The van der Waals surface area contributed by atoms with Gasteiger partial charge in [0.1, 0.15) is 0 Å². The smallest absolute Gasteiger partial charge is 0.161 e. The molecule has 0 saturated carbocycles. The van der Waals surface area contributed by atoms with E-state index in [4.69, 9.17) is 0 Å². The highest BCUT2D eigenvalue weighted by Gasteiger charge is 2.14. The minimum absolute atomic E-state index is 0. The summed E-state index contributed by atoms with van der Waals surface area (Å²) in [5.74, 6) is 0.0321. The first kappa shape index (κ1) is 10.3. The van der Waals surface area contributed by atoms with Crippen LogP contribution in [0.5, 0.6) is 11.5 Å². The highest BCUT2D eigenvalue weighted by atomic mass is 79.9. The number of hydrogen-bond acceptors (Lipinski definition) is 3. The fraction of sp³-hybridized carbons (Fsp3) is 0.333. The molecule has 0 unspecified atom stereocenters. The zero-order valence-electron chi connectivity index (χ0n) is 7.08. The van der Waals surface area contributed by atoms with Crippen LogP contribution in [-0.2, 0) is 13.0 Å². The molecule has 3 nitrogen and oxygen atoms in total. The van der Waals surface area contributed by atoms with Crippen molar-refractivity contribution < 1.29 is 10.2 Å². The third-order valence-electron chi connectivity index (χ3n) is 2.23. The maximum Gasteiger partial charge on any atom is 0.161 e. The lowest BCUT2D eigenvalue weighted by Crippen LogP contribution is -2.23. The molecule has 0 atom stereocenters. The number of phenols is 2. The lowest BCUT2D eigenvalue weighted by molar-refractivity contribution is 0.396. The molecular formula is C9H12BrNO2. The van der Waals surface area contributed by atoms with Gasteiger partial charge in [-0.05, 0) is 24.6 Å². The van der Waals surface area contributed by atoms with E-state index in [-0.39, 0.29) is 28.5 Å². The van der Waals surface area contributed by atoms with Gasteiger partial charge >= 0.3 is 0 Å². The predicted octanol–water partition coefficient (Wildman–Crippen LogP) is 1.32. The van der Waals surface area contributed by atoms with Gasteiger partial charge in [-0.25, -0.2) is 0 Å². The van der Waals surface area contributed by atoms with Gasteiger partial charge in [-0.2, -0.15) is 0 Å². The third-order valence-corrected chi connectivity index (χ3v) is 2.23. The number of fused-ring (bicyclic) bond motifs is 1. The van der Waals surface area contributed by atoms with Crippen molar-refractivity contribution >= 4 is 17.0 Å². The van der Waals surface area contributed by atoms with Crippen LogP contribution in [0, 0.1) is 0 Å². The normalized spacial score (nSPS) is 14.5. The van der Waals surface area contributed by atoms with Crippen molar-refractivity contribution in [2.45, 2.75) is 13.0 Å². The van der Waals surface area contributed by atoms with E-state index in [1.165, 1.54) is 6.07 Å². The van der Waals surface area contributed by atoms with E-state index in [0.29, 0.717) is 0 Å². The van der Waals surface area contributed by atoms with E-state index < -0.39 is 0 Å². The quantitative estimate of drug-likeness (QED) is 0.605. The Bertz CT molecular complexity index is 315. The van der Waals surface area contributed by atoms with Crippen LogP contribution in [0.2, 0.25) is 0 Å². The van der Waals surface area contributed by atoms with Gasteiger partial charge in [0.25, 0.3) is 0 Å². The molecule has 1 heterocycles. The van der Waals surface area contributed by atoms with Gasteiger partial charge < -0.3 is 15.5 Å². The lowest BCUT2D eigenvalue weighted by Gasteiger charge is -2.18. The molecule has 0 aliphatic carbocycles. The van der Waals surface area contributed by atoms with Crippen molar-refractivity contribution in [3.05, 3.63) is 23.3 Å². The minimum atomic E-state index is -0.0179. The van der Waals surface area contributed by atoms with E-state index in [1.54, 1.807) is 0 Å². The second-order valence-corrected chi connectivity index (χ2v) is 3.00. The second kappa shape index (κ2) is 3.98. The Balaban J connectivity index is 0.000000845. The molecule has 0 aromatic heterocycles. The molecule has 72 valence electrons. The number of phenolic OH excluding ortho intramolecular Hbond substituents is 2. The number of rotatable bonds is 0. The van der Waals surface area contributed by atoms with Crippen LogP contribution >= 0.6 is 17.0 Å². The number of aromatic hydroxyl groups is 2. The Labute approximate surface area is 87.2 Å². The summed E-state index contributed by atoms with van der Waals surface area (Å²) < 4.78 is 0. The maximum absolute atomic E-state index is 9.47. The van der Waals surface area contributed by atoms with Gasteiger partial charge in [0.15, 0.2) is 11.5 Å². The molecule has 1 aliphatic rings. The number of hydrogen-bond donors (Lipinski definition) is 3. The van der Waals surface area contributed by atoms with E-state index in [2.05, 4.69) is 5.32 Å². The lowest BCUT2D eigenvalue weighted by atomic mass is 10.00. The number of benzene rings is 1. The number of halogens is 1. The van der Waals surface area contributed by atoms with Crippen molar-refractivity contribution in [1.29, 1.82) is 0 Å². The predicted molar refractivity (Wildman–Crippen MR) is 55.5 cm³/mol. The molecule has 0 spiro atoms. The van der Waals surface area contributed by atoms with Crippen molar-refractivity contribution in [2.75, 3.05) is 6.54 Å². The van der Waals surface area contributed by atoms with Gasteiger partial charge in [-0.3, -0.25) is 0 Å². The van der Waals surface area contributed by atoms with E-state index in [1.807, 2.05) is 6.07 Å². The second-order valence-electron chi connectivity index (χ2n) is 3.00. The monoisotopic (exact) mass is 245 g/mol. The molecule has 1 aliphatic heterocycles. The summed E-state index contributed by atoms with van der Waals surface area (Å²) in [4.78, 5) is 0. The van der Waals surface area contributed by atoms with Crippen LogP contribution in [0.15, 0.2) is 12.1 Å². The van der Waals surface area contributed by atoms with Crippen LogP contribution in [0.4, 0.5) is 0 Å². The fourth-order valence-corrected chi connectivity index (χ4v) is 1.55. The first-order valence-electron chi connectivity index (χ1n) is 4.02. The first-order valence-corrected chi connectivity index (χ1v) is 4.02. The van der Waals surface area contributed by atoms with Crippen LogP contribution < -0.4 is 5.32 Å². The molecule has 1 aromatic carbocycles. The summed E-state index contributed by atoms with van der Waals surface area (Å²) in [6, 6.07) is 3.37. The molecule has 3 N–H and O–H groups in total. The Hall–Kier alpha value is -0.740. The summed E-state index contributed by atoms with van der Waals surface area (Å²) in [6.07, 6.45) is 0.787. The van der Waals surface area contributed by atoms with E-state index >= 15 is 0 Å². The Morgan fingerprint density at radius 2 is 2.00 bits per heavy atom. The summed E-state index contributed by atoms with van der Waals surface area (Å²) in [7, 11) is 0. The van der Waals surface area contributed by atoms with Crippen molar-refractivity contribution in [2.24, 2.45) is 0 Å². The summed E-state index contributed by atoms with van der Waals surface area (Å²) in [6.45, 7) is 1.65. The van der Waals surface area contributed by atoms with Gasteiger partial charge in [0, 0.05) is 12.1 Å². The molecule has 13 heavy (non-hydrogen) atoms. The molecule has 0 radical (unpaired) electrons. The van der Waals surface area contributed by atoms with Crippen molar-refractivity contribution in [3.63, 3.8) is 0 Å². The largest absolute Gasteiger partial charge is 0.504 e. The topological polar surface area (TPSA) is 52.5 Å². The average molecular weight is 246 g/mol. The zero-order chi connectivity index (χ0) is 8.55. The van der Waals surface area contributed by atoms with Crippen molar-refractivity contribution in [1.82, 2.24) is 5.32 Å². The molecule has 0 bridgehead atoms. The summed E-state index contributed by atoms with van der Waals surface area (Å²) in [5, 5.41) is 21.9. The minimum Gasteiger partial charge on any atom is -0.504 e. The van der Waals surface area contributed by atoms with Gasteiger partial charge in [-0.15, -0.1) is 17.0 Å². The zero-order valence-corrected chi connectivity index (χ0v) is 8.79.